The predicted molar refractivity (Wildman–Crippen MR) is 130 cm³/mol. The summed E-state index contributed by atoms with van der Waals surface area (Å²) < 4.78 is 5.47. The first-order valence-electron chi connectivity index (χ1n) is 9.71. The molecule has 0 spiro atoms. The lowest BCUT2D eigenvalue weighted by Crippen LogP contribution is -1.98. The number of anilines is 2. The van der Waals surface area contributed by atoms with Crippen molar-refractivity contribution in [3.63, 3.8) is 0 Å². The number of rotatable bonds is 5. The first-order valence-corrected chi connectivity index (χ1v) is 11.0. The van der Waals surface area contributed by atoms with Crippen LogP contribution in [0.15, 0.2) is 84.5 Å². The van der Waals surface area contributed by atoms with Crippen LogP contribution < -0.4 is 10.1 Å². The maximum absolute atomic E-state index is 6.20. The first kappa shape index (κ1) is 19.5. The van der Waals surface area contributed by atoms with Crippen LogP contribution in [0.1, 0.15) is 0 Å². The second-order valence-corrected chi connectivity index (χ2v) is 8.26. The second kappa shape index (κ2) is 8.38. The summed E-state index contributed by atoms with van der Waals surface area (Å²) in [7, 11) is 1.63. The topological polar surface area (TPSA) is 47.0 Å². The van der Waals surface area contributed by atoms with Crippen molar-refractivity contribution < 1.29 is 4.74 Å². The summed E-state index contributed by atoms with van der Waals surface area (Å²) in [5.41, 5.74) is 5.34. The lowest BCUT2D eigenvalue weighted by Gasteiger charge is -2.12. The highest BCUT2D eigenvalue weighted by atomic mass is 35.5. The molecule has 0 saturated heterocycles. The lowest BCUT2D eigenvalue weighted by atomic mass is 10.0. The number of hydrogen-bond donors (Lipinski definition) is 1. The van der Waals surface area contributed by atoms with Crippen molar-refractivity contribution in [3.05, 3.63) is 89.5 Å². The summed E-state index contributed by atoms with van der Waals surface area (Å²) >= 11 is 7.80. The highest BCUT2D eigenvalue weighted by molar-refractivity contribution is 7.17. The minimum atomic E-state index is 0.621. The van der Waals surface area contributed by atoms with E-state index >= 15 is 0 Å². The third kappa shape index (κ3) is 3.85. The molecule has 0 atom stereocenters. The van der Waals surface area contributed by atoms with Crippen molar-refractivity contribution >= 4 is 44.7 Å². The zero-order valence-corrected chi connectivity index (χ0v) is 18.2. The van der Waals surface area contributed by atoms with Crippen LogP contribution in [0.2, 0.25) is 5.02 Å². The average Bonchev–Trinajstić information content (AvgIpc) is 3.25. The molecule has 0 fully saturated rings. The van der Waals surface area contributed by atoms with Crippen LogP contribution >= 0.6 is 22.9 Å². The van der Waals surface area contributed by atoms with Gasteiger partial charge in [0.05, 0.1) is 18.2 Å². The fraction of sp³-hybridized carbons (Fsp3) is 0.0400. The van der Waals surface area contributed by atoms with E-state index < -0.39 is 0 Å². The van der Waals surface area contributed by atoms with E-state index in [0.29, 0.717) is 16.6 Å². The molecule has 0 amide bonds. The van der Waals surface area contributed by atoms with E-state index in [9.17, 15) is 0 Å². The maximum atomic E-state index is 6.20. The van der Waals surface area contributed by atoms with Gasteiger partial charge in [-0.15, -0.1) is 11.3 Å². The van der Waals surface area contributed by atoms with Crippen molar-refractivity contribution in [1.29, 1.82) is 0 Å². The Kier molecular flexibility index (Phi) is 5.28. The molecule has 0 radical (unpaired) electrons. The van der Waals surface area contributed by atoms with Crippen LogP contribution in [-0.2, 0) is 0 Å². The Morgan fingerprint density at radius 1 is 0.871 bits per heavy atom. The Bertz CT molecular complexity index is 1350. The summed E-state index contributed by atoms with van der Waals surface area (Å²) in [6.07, 6.45) is 1.57. The molecule has 2 heterocycles. The smallest absolute Gasteiger partial charge is 0.143 e. The Morgan fingerprint density at radius 2 is 1.61 bits per heavy atom. The molecule has 6 heteroatoms. The quantitative estimate of drug-likeness (QED) is 0.306. The summed E-state index contributed by atoms with van der Waals surface area (Å²) in [5.74, 6) is 1.41. The summed E-state index contributed by atoms with van der Waals surface area (Å²) in [6, 6.07) is 24.4. The largest absolute Gasteiger partial charge is 0.495 e. The third-order valence-corrected chi connectivity index (χ3v) is 6.21. The fourth-order valence-corrected chi connectivity index (χ4v) is 4.65. The molecular formula is C25H18ClN3OS. The van der Waals surface area contributed by atoms with Crippen LogP contribution in [0.25, 0.3) is 32.5 Å². The molecule has 1 N–H and O–H groups in total. The lowest BCUT2D eigenvalue weighted by molar-refractivity contribution is 0.417. The van der Waals surface area contributed by atoms with Crippen LogP contribution in [0.4, 0.5) is 11.5 Å². The molecule has 4 nitrogen and oxygen atoms in total. The van der Waals surface area contributed by atoms with Gasteiger partial charge in [-0.05, 0) is 34.9 Å². The van der Waals surface area contributed by atoms with Gasteiger partial charge in [0, 0.05) is 16.0 Å². The van der Waals surface area contributed by atoms with E-state index in [1.165, 1.54) is 11.1 Å². The first-order chi connectivity index (χ1) is 15.2. The molecule has 5 aromatic rings. The average molecular weight is 444 g/mol. The van der Waals surface area contributed by atoms with Crippen molar-refractivity contribution in [2.45, 2.75) is 0 Å². The Hall–Kier alpha value is -3.41. The molecule has 152 valence electrons. The number of benzene rings is 3. The normalized spacial score (nSPS) is 10.9. The van der Waals surface area contributed by atoms with Gasteiger partial charge in [0.15, 0.2) is 0 Å². The zero-order valence-electron chi connectivity index (χ0n) is 16.7. The standard InChI is InChI=1S/C25H18ClN3OS/c1-30-22-12-11-19(26)13-21(22)29-24-23-20(14-31-25(23)28-15-27-24)18-9-7-17(8-10-18)16-5-3-2-4-6-16/h2-15H,1H3,(H,27,28,29). The van der Waals surface area contributed by atoms with E-state index in [2.05, 4.69) is 69.2 Å². The molecule has 31 heavy (non-hydrogen) atoms. The Balaban J connectivity index is 1.56. The van der Waals surface area contributed by atoms with Gasteiger partial charge in [-0.25, -0.2) is 9.97 Å². The molecule has 0 aliphatic carbocycles. The van der Waals surface area contributed by atoms with E-state index in [1.807, 2.05) is 18.2 Å². The van der Waals surface area contributed by atoms with E-state index in [4.69, 9.17) is 16.3 Å². The number of nitrogens with zero attached hydrogens (tertiary/aromatic N) is 2. The van der Waals surface area contributed by atoms with Gasteiger partial charge in [-0.1, -0.05) is 66.2 Å². The zero-order chi connectivity index (χ0) is 21.2. The van der Waals surface area contributed by atoms with Crippen LogP contribution in [-0.4, -0.2) is 17.1 Å². The van der Waals surface area contributed by atoms with Gasteiger partial charge in [0.1, 0.15) is 22.7 Å². The highest BCUT2D eigenvalue weighted by Crippen LogP contribution is 2.39. The van der Waals surface area contributed by atoms with Crippen molar-refractivity contribution in [2.75, 3.05) is 12.4 Å². The highest BCUT2D eigenvalue weighted by Gasteiger charge is 2.15. The number of aromatic nitrogens is 2. The van der Waals surface area contributed by atoms with Crippen LogP contribution in [0.5, 0.6) is 5.75 Å². The van der Waals surface area contributed by atoms with Crippen molar-refractivity contribution in [1.82, 2.24) is 9.97 Å². The van der Waals surface area contributed by atoms with Gasteiger partial charge in [0.25, 0.3) is 0 Å². The molecule has 0 saturated carbocycles. The number of halogens is 1. The number of methoxy groups -OCH3 is 1. The summed E-state index contributed by atoms with van der Waals surface area (Å²) in [4.78, 5) is 9.90. The molecule has 5 rings (SSSR count). The number of thiophene rings is 1. The summed E-state index contributed by atoms with van der Waals surface area (Å²) in [6.45, 7) is 0. The molecular weight excluding hydrogens is 426 g/mol. The van der Waals surface area contributed by atoms with Gasteiger partial charge in [0.2, 0.25) is 0 Å². The van der Waals surface area contributed by atoms with Gasteiger partial charge >= 0.3 is 0 Å². The molecule has 0 aliphatic rings. The minimum absolute atomic E-state index is 0.621. The summed E-state index contributed by atoms with van der Waals surface area (Å²) in [5, 5.41) is 7.10. The molecule has 0 unspecified atom stereocenters. The fourth-order valence-electron chi connectivity index (χ4n) is 3.56. The number of hydrogen-bond acceptors (Lipinski definition) is 5. The van der Waals surface area contributed by atoms with Gasteiger partial charge < -0.3 is 10.1 Å². The molecule has 3 aromatic carbocycles. The van der Waals surface area contributed by atoms with Gasteiger partial charge in [-0.2, -0.15) is 0 Å². The van der Waals surface area contributed by atoms with Crippen LogP contribution in [0.3, 0.4) is 0 Å². The van der Waals surface area contributed by atoms with E-state index in [-0.39, 0.29) is 0 Å². The number of fused-ring (bicyclic) bond motifs is 1. The van der Waals surface area contributed by atoms with Crippen LogP contribution in [0, 0.1) is 0 Å². The Labute approximate surface area is 189 Å². The van der Waals surface area contributed by atoms with E-state index in [0.717, 1.165) is 27.0 Å². The SMILES string of the molecule is COc1ccc(Cl)cc1Nc1ncnc2scc(-c3ccc(-c4ccccc4)cc3)c12. The third-order valence-electron chi connectivity index (χ3n) is 5.09. The number of ether oxygens (including phenoxy) is 1. The minimum Gasteiger partial charge on any atom is -0.495 e. The molecule has 0 aliphatic heterocycles. The van der Waals surface area contributed by atoms with Gasteiger partial charge in [-0.3, -0.25) is 0 Å². The number of nitrogens with one attached hydrogen (secondary N) is 1. The van der Waals surface area contributed by atoms with Crippen molar-refractivity contribution in [2.24, 2.45) is 0 Å². The van der Waals surface area contributed by atoms with Crippen molar-refractivity contribution in [3.8, 4) is 28.0 Å². The second-order valence-electron chi connectivity index (χ2n) is 6.96. The Morgan fingerprint density at radius 3 is 2.39 bits per heavy atom. The maximum Gasteiger partial charge on any atom is 0.143 e. The monoisotopic (exact) mass is 443 g/mol. The van der Waals surface area contributed by atoms with E-state index in [1.54, 1.807) is 30.8 Å². The predicted octanol–water partition coefficient (Wildman–Crippen LogP) is 7.43. The molecule has 2 aromatic heterocycles. The molecule has 0 bridgehead atoms.